The molecule has 1 amide bonds. The maximum absolute atomic E-state index is 12.8. The second kappa shape index (κ2) is 14.4. The number of anilines is 2. The van der Waals surface area contributed by atoms with Crippen molar-refractivity contribution in [1.82, 2.24) is 14.9 Å². The summed E-state index contributed by atoms with van der Waals surface area (Å²) in [5.74, 6) is -0.143. The number of carbonyl (C=O) groups is 1. The molecule has 0 spiro atoms. The maximum Gasteiger partial charge on any atom is 1.00 e. The molecule has 1 aliphatic heterocycles. The number of benzene rings is 3. The molecule has 0 atom stereocenters. The van der Waals surface area contributed by atoms with E-state index in [9.17, 15) is 30.7 Å². The quantitative estimate of drug-likeness (QED) is 0.159. The van der Waals surface area contributed by atoms with Crippen molar-refractivity contribution in [1.29, 1.82) is 0 Å². The minimum Gasteiger partial charge on any atom is -0.744 e. The second-order valence-electron chi connectivity index (χ2n) is 11.4. The fourth-order valence-electron chi connectivity index (χ4n) is 4.35. The molecule has 1 aromatic heterocycles. The van der Waals surface area contributed by atoms with Gasteiger partial charge in [-0.05, 0) is 66.7 Å². The van der Waals surface area contributed by atoms with Gasteiger partial charge in [-0.1, -0.05) is 20.8 Å². The summed E-state index contributed by atoms with van der Waals surface area (Å²) in [7, 11) is -6.40. The van der Waals surface area contributed by atoms with E-state index in [0.717, 1.165) is 17.1 Å². The van der Waals surface area contributed by atoms with Gasteiger partial charge >= 0.3 is 59.1 Å². The van der Waals surface area contributed by atoms with E-state index < -0.39 is 41.5 Å². The Kier molecular flexibility index (Phi) is 11.8. The molecule has 0 fully saturated rings. The molecule has 1 aliphatic rings. The van der Waals surface area contributed by atoms with Crippen molar-refractivity contribution in [2.45, 2.75) is 30.6 Å². The molecule has 0 bridgehead atoms. The molecular weight excluding hydrogens is 668 g/mol. The first-order valence-corrected chi connectivity index (χ1v) is 16.1. The monoisotopic (exact) mass is 695 g/mol. The molecule has 3 aromatic carbocycles. The molecule has 1 N–H and O–H groups in total. The zero-order chi connectivity index (χ0) is 32.9. The van der Waals surface area contributed by atoms with Crippen molar-refractivity contribution in [3.63, 3.8) is 0 Å². The number of aliphatic imine (C=N–C) groups is 1. The van der Waals surface area contributed by atoms with Crippen LogP contribution in [0.25, 0.3) is 11.4 Å². The number of nitrogens with zero attached hydrogens (tertiary/aromatic N) is 6. The molecule has 2 heterocycles. The molecular formula is C29H27N7Na2O7S2. The smallest absolute Gasteiger partial charge is 0.744 e. The van der Waals surface area contributed by atoms with Crippen molar-refractivity contribution in [3.05, 3.63) is 78.1 Å². The fourth-order valence-corrected chi connectivity index (χ4v) is 5.51. The minimum absolute atomic E-state index is 0. The Hall–Kier alpha value is -2.77. The largest absolute Gasteiger partial charge is 1.00 e. The second-order valence-corrected chi connectivity index (χ2v) is 14.1. The van der Waals surface area contributed by atoms with Gasteiger partial charge < -0.3 is 19.3 Å². The number of amides is 1. The number of hydrogen-bond donors (Lipinski definition) is 1. The van der Waals surface area contributed by atoms with E-state index in [1.807, 2.05) is 64.0 Å². The zero-order valence-electron chi connectivity index (χ0n) is 26.7. The van der Waals surface area contributed by atoms with Crippen LogP contribution in [0.1, 0.15) is 37.0 Å². The van der Waals surface area contributed by atoms with E-state index in [-0.39, 0.29) is 70.2 Å². The molecule has 4 aromatic rings. The van der Waals surface area contributed by atoms with Crippen LogP contribution in [0.3, 0.4) is 0 Å². The number of aromatic nitrogens is 3. The standard InChI is InChI=1S/C29H29N7O7S2.2Na/c1-29(2,3)25-24(30-19-10-12-21(13-11-19)35(4)5)27-32-26(34-36(27)33-25)17-6-8-20(9-7-17)31-28(37)18-14-22(44(38,39)40)16-23(15-18)45(41,42)43;;/h6-16H,1-5H3,(H,31,37)(H,38,39,40)(H,41,42,43);;/q;2*+1/p-2. The van der Waals surface area contributed by atoms with Crippen LogP contribution in [0.15, 0.2) is 86.6 Å². The van der Waals surface area contributed by atoms with Gasteiger partial charge in [0.1, 0.15) is 25.9 Å². The summed E-state index contributed by atoms with van der Waals surface area (Å²) in [6.45, 7) is 6.06. The average Bonchev–Trinajstić information content (AvgIpc) is 3.52. The molecule has 0 saturated carbocycles. The Morgan fingerprint density at radius 1 is 0.872 bits per heavy atom. The molecule has 0 radical (unpaired) electrons. The number of nitrogens with one attached hydrogen (secondary N) is 1. The Morgan fingerprint density at radius 2 is 1.43 bits per heavy atom. The van der Waals surface area contributed by atoms with Gasteiger partial charge in [0.15, 0.2) is 5.82 Å². The summed E-state index contributed by atoms with van der Waals surface area (Å²) in [6.07, 6.45) is 0. The molecule has 47 heavy (non-hydrogen) atoms. The van der Waals surface area contributed by atoms with E-state index in [2.05, 4.69) is 20.5 Å². The summed E-state index contributed by atoms with van der Waals surface area (Å²) >= 11 is 0. The van der Waals surface area contributed by atoms with Crippen molar-refractivity contribution >= 4 is 54.6 Å². The van der Waals surface area contributed by atoms with Gasteiger partial charge in [0.2, 0.25) is 5.82 Å². The van der Waals surface area contributed by atoms with E-state index in [0.29, 0.717) is 41.1 Å². The van der Waals surface area contributed by atoms with Crippen molar-refractivity contribution < 1.29 is 89.9 Å². The van der Waals surface area contributed by atoms with Crippen LogP contribution in [-0.2, 0) is 20.2 Å². The number of carbonyl (C=O) groups excluding carboxylic acids is 1. The van der Waals surface area contributed by atoms with Crippen LogP contribution >= 0.6 is 0 Å². The van der Waals surface area contributed by atoms with Gasteiger partial charge in [-0.3, -0.25) is 4.79 Å². The molecule has 14 nitrogen and oxygen atoms in total. The Balaban J connectivity index is 0.00000300. The van der Waals surface area contributed by atoms with E-state index in [1.165, 1.54) is 16.9 Å². The predicted molar refractivity (Wildman–Crippen MR) is 165 cm³/mol. The van der Waals surface area contributed by atoms with Crippen LogP contribution in [0.2, 0.25) is 0 Å². The van der Waals surface area contributed by atoms with Gasteiger partial charge in [0, 0.05) is 42.0 Å². The first-order chi connectivity index (χ1) is 20.9. The summed E-state index contributed by atoms with van der Waals surface area (Å²) in [5, 5.41) is 11.7. The molecule has 0 saturated heterocycles. The van der Waals surface area contributed by atoms with Crippen molar-refractivity contribution in [2.24, 2.45) is 15.5 Å². The first-order valence-electron chi connectivity index (χ1n) is 13.3. The van der Waals surface area contributed by atoms with E-state index in [1.54, 1.807) is 12.1 Å². The van der Waals surface area contributed by atoms with Crippen LogP contribution in [0.5, 0.6) is 0 Å². The van der Waals surface area contributed by atoms with E-state index >= 15 is 0 Å². The van der Waals surface area contributed by atoms with Gasteiger partial charge in [0.05, 0.1) is 21.2 Å². The average molecular weight is 696 g/mol. The third kappa shape index (κ3) is 8.83. The fraction of sp³-hybridized carbons (Fsp3) is 0.207. The topological polar surface area (TPSA) is 202 Å². The Labute approximate surface area is 316 Å². The van der Waals surface area contributed by atoms with E-state index in [4.69, 9.17) is 4.99 Å². The molecule has 234 valence electrons. The van der Waals surface area contributed by atoms with Crippen LogP contribution in [-0.4, -0.2) is 72.2 Å². The third-order valence-electron chi connectivity index (χ3n) is 6.66. The van der Waals surface area contributed by atoms with Gasteiger partial charge in [-0.2, -0.15) is 5.10 Å². The first kappa shape index (κ1) is 38.7. The van der Waals surface area contributed by atoms with Crippen LogP contribution in [0.4, 0.5) is 17.1 Å². The van der Waals surface area contributed by atoms with Crippen molar-refractivity contribution in [2.75, 3.05) is 24.3 Å². The molecule has 18 heteroatoms. The molecule has 5 rings (SSSR count). The zero-order valence-corrected chi connectivity index (χ0v) is 32.3. The summed E-state index contributed by atoms with van der Waals surface area (Å²) in [6, 6.07) is 15.8. The van der Waals surface area contributed by atoms with Crippen LogP contribution in [0, 0.1) is 5.41 Å². The number of fused-ring (bicyclic) bond motifs is 1. The van der Waals surface area contributed by atoms with Gasteiger partial charge in [-0.15, -0.1) is 9.89 Å². The Bertz CT molecular complexity index is 2060. The van der Waals surface area contributed by atoms with Gasteiger partial charge in [0.25, 0.3) is 5.91 Å². The summed E-state index contributed by atoms with van der Waals surface area (Å²) in [5.41, 5.74) is 3.04. The summed E-state index contributed by atoms with van der Waals surface area (Å²) in [4.78, 5) is 23.7. The van der Waals surface area contributed by atoms with Crippen molar-refractivity contribution in [3.8, 4) is 11.4 Å². The molecule has 0 unspecified atom stereocenters. The molecule has 0 aliphatic carbocycles. The predicted octanol–water partition coefficient (Wildman–Crippen LogP) is -2.54. The summed E-state index contributed by atoms with van der Waals surface area (Å²) < 4.78 is 68.8. The third-order valence-corrected chi connectivity index (χ3v) is 8.29. The normalized spacial score (nSPS) is 13.7. The minimum atomic E-state index is -5.16. The SMILES string of the molecule is CN(C)c1ccc(N=C2C(C(C)(C)C)=Nn3nc(-c4ccc(NC(=O)c5cc(S(=O)(=O)[O-])cc(S(=O)(=O)[O-])c5)cc4)nc32)cc1.[Na+].[Na+]. The number of hydrogen-bond acceptors (Lipinski definition) is 12. The maximum atomic E-state index is 12.8. The van der Waals surface area contributed by atoms with Crippen LogP contribution < -0.4 is 69.3 Å². The van der Waals surface area contributed by atoms with Gasteiger partial charge in [-0.25, -0.2) is 26.8 Å². The Morgan fingerprint density at radius 3 is 1.91 bits per heavy atom. The number of rotatable bonds is 7.